The summed E-state index contributed by atoms with van der Waals surface area (Å²) in [4.78, 5) is 63.5. The van der Waals surface area contributed by atoms with Gasteiger partial charge in [0, 0.05) is 13.3 Å². The van der Waals surface area contributed by atoms with Gasteiger partial charge in [0.2, 0.25) is 29.5 Å². The lowest BCUT2D eigenvalue weighted by molar-refractivity contribution is -0.135. The van der Waals surface area contributed by atoms with Crippen LogP contribution in [-0.4, -0.2) is 60.2 Å². The van der Waals surface area contributed by atoms with Crippen molar-refractivity contribution in [3.05, 3.63) is 35.9 Å². The third kappa shape index (κ3) is 11.8. The Bertz CT molecular complexity index is 955. The van der Waals surface area contributed by atoms with Crippen LogP contribution >= 0.6 is 0 Å². The highest BCUT2D eigenvalue weighted by Crippen LogP contribution is 2.12. The number of nitrogens with two attached hydrogens (primary N) is 2. The molecule has 0 aliphatic carbocycles. The Hall–Kier alpha value is -3.47. The van der Waals surface area contributed by atoms with E-state index in [9.17, 15) is 24.0 Å². The minimum atomic E-state index is -1.03. The zero-order chi connectivity index (χ0) is 29.5. The van der Waals surface area contributed by atoms with E-state index in [0.29, 0.717) is 32.2 Å². The van der Waals surface area contributed by atoms with E-state index in [2.05, 4.69) is 21.3 Å². The largest absolute Gasteiger partial charge is 0.368 e. The van der Waals surface area contributed by atoms with Gasteiger partial charge in [0.25, 0.3) is 0 Å². The van der Waals surface area contributed by atoms with Crippen LogP contribution in [0.15, 0.2) is 30.3 Å². The van der Waals surface area contributed by atoms with Crippen LogP contribution in [0.1, 0.15) is 65.9 Å². The highest BCUT2D eigenvalue weighted by Gasteiger charge is 2.33. The lowest BCUT2D eigenvalue weighted by atomic mass is 9.96. The molecule has 5 atom stereocenters. The van der Waals surface area contributed by atoms with Crippen LogP contribution in [0.2, 0.25) is 0 Å². The lowest BCUT2D eigenvalue weighted by Gasteiger charge is -2.29. The molecule has 0 aromatic heterocycles. The van der Waals surface area contributed by atoms with Crippen molar-refractivity contribution in [3.8, 4) is 0 Å². The van der Waals surface area contributed by atoms with Crippen molar-refractivity contribution in [1.29, 1.82) is 0 Å². The highest BCUT2D eigenvalue weighted by atomic mass is 16.2. The second kappa shape index (κ2) is 17.2. The van der Waals surface area contributed by atoms with Gasteiger partial charge >= 0.3 is 0 Å². The Labute approximate surface area is 231 Å². The number of unbranched alkanes of at least 4 members (excludes halogenated alkanes) is 1. The molecular weight excluding hydrogens is 500 g/mol. The van der Waals surface area contributed by atoms with Gasteiger partial charge in [0.1, 0.15) is 24.2 Å². The number of carbonyl (C=O) groups excluding carboxylic acids is 5. The van der Waals surface area contributed by atoms with Crippen molar-refractivity contribution in [2.45, 2.75) is 90.9 Å². The van der Waals surface area contributed by atoms with Crippen LogP contribution in [0.4, 0.5) is 0 Å². The van der Waals surface area contributed by atoms with Gasteiger partial charge in [-0.15, -0.1) is 0 Å². The van der Waals surface area contributed by atoms with Crippen LogP contribution in [0.3, 0.4) is 0 Å². The van der Waals surface area contributed by atoms with Crippen molar-refractivity contribution < 1.29 is 24.0 Å². The second-order valence-electron chi connectivity index (χ2n) is 10.3. The van der Waals surface area contributed by atoms with Crippen molar-refractivity contribution in [1.82, 2.24) is 21.3 Å². The molecule has 39 heavy (non-hydrogen) atoms. The predicted octanol–water partition coefficient (Wildman–Crippen LogP) is 0.505. The first-order chi connectivity index (χ1) is 18.4. The van der Waals surface area contributed by atoms with Gasteiger partial charge < -0.3 is 32.7 Å². The molecule has 5 amide bonds. The molecule has 0 saturated heterocycles. The maximum Gasteiger partial charge on any atom is 0.243 e. The predicted molar refractivity (Wildman–Crippen MR) is 150 cm³/mol. The number of benzene rings is 1. The molecule has 1 aromatic carbocycles. The van der Waals surface area contributed by atoms with E-state index in [-0.39, 0.29) is 24.2 Å². The minimum absolute atomic E-state index is 0.160. The van der Waals surface area contributed by atoms with Crippen molar-refractivity contribution >= 4 is 29.5 Å². The molecule has 0 unspecified atom stereocenters. The topological polar surface area (TPSA) is 186 Å². The van der Waals surface area contributed by atoms with Gasteiger partial charge in [-0.25, -0.2) is 0 Å². The average molecular weight is 547 g/mol. The smallest absolute Gasteiger partial charge is 0.243 e. The zero-order valence-electron chi connectivity index (χ0n) is 23.8. The van der Waals surface area contributed by atoms with Crippen LogP contribution in [0, 0.1) is 11.8 Å². The minimum Gasteiger partial charge on any atom is -0.368 e. The fraction of sp³-hybridized carbons (Fsp3) is 0.607. The van der Waals surface area contributed by atoms with Crippen LogP contribution in [0.5, 0.6) is 0 Å². The Morgan fingerprint density at radius 2 is 1.38 bits per heavy atom. The Balaban J connectivity index is 3.15. The molecule has 0 aliphatic rings. The monoisotopic (exact) mass is 546 g/mol. The fourth-order valence-electron chi connectivity index (χ4n) is 4.07. The average Bonchev–Trinajstić information content (AvgIpc) is 2.88. The SMILES string of the molecule is CC[C@H](C)[C@H](NC(C)=O)C(=O)N[C@H](C(=O)N[C@@H](Cc1ccccc1)C(=O)N[C@@H](CCCCN)C(N)=O)C(C)C. The molecule has 0 saturated carbocycles. The number of rotatable bonds is 17. The molecule has 0 heterocycles. The van der Waals surface area contributed by atoms with Crippen LogP contribution in [0.25, 0.3) is 0 Å². The van der Waals surface area contributed by atoms with Crippen LogP contribution in [-0.2, 0) is 30.4 Å². The van der Waals surface area contributed by atoms with E-state index < -0.39 is 47.8 Å². The third-order valence-electron chi connectivity index (χ3n) is 6.62. The summed E-state index contributed by atoms with van der Waals surface area (Å²) in [5.74, 6) is -3.11. The zero-order valence-corrected chi connectivity index (χ0v) is 23.8. The Morgan fingerprint density at radius 3 is 1.90 bits per heavy atom. The summed E-state index contributed by atoms with van der Waals surface area (Å²) in [6, 6.07) is 5.40. The first kappa shape index (κ1) is 33.6. The second-order valence-corrected chi connectivity index (χ2v) is 10.3. The van der Waals surface area contributed by atoms with Crippen molar-refractivity contribution in [2.24, 2.45) is 23.3 Å². The highest BCUT2D eigenvalue weighted by molar-refractivity contribution is 5.95. The maximum absolute atomic E-state index is 13.4. The first-order valence-corrected chi connectivity index (χ1v) is 13.6. The molecule has 11 nitrogen and oxygen atoms in total. The molecule has 11 heteroatoms. The molecule has 218 valence electrons. The van der Waals surface area contributed by atoms with Crippen molar-refractivity contribution in [2.75, 3.05) is 6.54 Å². The maximum atomic E-state index is 13.4. The lowest BCUT2D eigenvalue weighted by Crippen LogP contribution is -2.60. The number of amides is 5. The van der Waals surface area contributed by atoms with Crippen molar-refractivity contribution in [3.63, 3.8) is 0 Å². The van der Waals surface area contributed by atoms with Crippen LogP contribution < -0.4 is 32.7 Å². The molecule has 1 aromatic rings. The van der Waals surface area contributed by atoms with Gasteiger partial charge in [-0.1, -0.05) is 64.4 Å². The number of primary amides is 1. The Kier molecular flexibility index (Phi) is 14.8. The molecule has 0 aliphatic heterocycles. The quantitative estimate of drug-likeness (QED) is 0.154. The standard InChI is InChI=1S/C28H46N6O5/c1-6-18(4)24(31-19(5)35)28(39)34-23(17(2)3)27(38)33-22(16-20-12-8-7-9-13-20)26(37)32-21(25(30)36)14-10-11-15-29/h7-9,12-13,17-18,21-24H,6,10-11,14-16,29H2,1-5H3,(H2,30,36)(H,31,35)(H,32,37)(H,33,38)(H,34,39)/t18-,21-,22-,23-,24-/m0/s1. The molecule has 0 radical (unpaired) electrons. The third-order valence-corrected chi connectivity index (χ3v) is 6.62. The van der Waals surface area contributed by atoms with E-state index in [0.717, 1.165) is 5.56 Å². The normalized spacial score (nSPS) is 14.8. The van der Waals surface area contributed by atoms with Gasteiger partial charge in [0.15, 0.2) is 0 Å². The molecule has 8 N–H and O–H groups in total. The Morgan fingerprint density at radius 1 is 0.795 bits per heavy atom. The number of carbonyl (C=O) groups is 5. The summed E-state index contributed by atoms with van der Waals surface area (Å²) in [6.45, 7) is 9.07. The van der Waals surface area contributed by atoms with E-state index in [1.54, 1.807) is 13.8 Å². The summed E-state index contributed by atoms with van der Waals surface area (Å²) >= 11 is 0. The number of hydrogen-bond acceptors (Lipinski definition) is 6. The van der Waals surface area contributed by atoms with Gasteiger partial charge in [-0.05, 0) is 43.2 Å². The van der Waals surface area contributed by atoms with E-state index in [1.165, 1.54) is 6.92 Å². The molecular formula is C28H46N6O5. The fourth-order valence-corrected chi connectivity index (χ4v) is 4.07. The van der Waals surface area contributed by atoms with Gasteiger partial charge in [-0.2, -0.15) is 0 Å². The summed E-state index contributed by atoms with van der Waals surface area (Å²) in [7, 11) is 0. The summed E-state index contributed by atoms with van der Waals surface area (Å²) < 4.78 is 0. The van der Waals surface area contributed by atoms with E-state index >= 15 is 0 Å². The number of nitrogens with one attached hydrogen (secondary N) is 4. The summed E-state index contributed by atoms with van der Waals surface area (Å²) in [5, 5.41) is 10.8. The van der Waals surface area contributed by atoms with E-state index in [1.807, 2.05) is 44.2 Å². The molecule has 0 bridgehead atoms. The summed E-state index contributed by atoms with van der Waals surface area (Å²) in [5.41, 5.74) is 11.8. The van der Waals surface area contributed by atoms with E-state index in [4.69, 9.17) is 11.5 Å². The van der Waals surface area contributed by atoms with Gasteiger partial charge in [0.05, 0.1) is 0 Å². The first-order valence-electron chi connectivity index (χ1n) is 13.6. The molecule has 1 rings (SSSR count). The van der Waals surface area contributed by atoms with Gasteiger partial charge in [-0.3, -0.25) is 24.0 Å². The molecule has 0 fully saturated rings. The number of hydrogen-bond donors (Lipinski definition) is 6. The summed E-state index contributed by atoms with van der Waals surface area (Å²) in [6.07, 6.45) is 2.41. The molecule has 0 spiro atoms.